The lowest BCUT2D eigenvalue weighted by atomic mass is 9.91. The van der Waals surface area contributed by atoms with Crippen LogP contribution in [0.3, 0.4) is 0 Å². The van der Waals surface area contributed by atoms with Crippen molar-refractivity contribution in [2.24, 2.45) is 5.92 Å². The number of hydrogen-bond acceptors (Lipinski definition) is 6. The molecule has 202 valence electrons. The summed E-state index contributed by atoms with van der Waals surface area (Å²) in [6, 6.07) is 0. The van der Waals surface area contributed by atoms with Crippen molar-refractivity contribution < 1.29 is 28.8 Å². The van der Waals surface area contributed by atoms with Crippen LogP contribution in [0.15, 0.2) is 60.3 Å². The maximum atomic E-state index is 12.6. The summed E-state index contributed by atoms with van der Waals surface area (Å²) in [6.45, 7) is 9.04. The second-order valence-electron chi connectivity index (χ2n) is 10.4. The van der Waals surface area contributed by atoms with Crippen LogP contribution in [0.4, 0.5) is 0 Å². The van der Waals surface area contributed by atoms with Crippen LogP contribution < -0.4 is 0 Å². The van der Waals surface area contributed by atoms with Crippen LogP contribution in [0.1, 0.15) is 58.8 Å². The van der Waals surface area contributed by atoms with Crippen LogP contribution in [0.5, 0.6) is 0 Å². The minimum absolute atomic E-state index is 0.0458. The number of aliphatic hydroxyl groups is 1. The molecule has 2 bridgehead atoms. The van der Waals surface area contributed by atoms with Gasteiger partial charge >= 0.3 is 5.97 Å². The van der Waals surface area contributed by atoms with Crippen molar-refractivity contribution in [3.63, 3.8) is 0 Å². The average Bonchev–Trinajstić information content (AvgIpc) is 2.83. The minimum atomic E-state index is -0.657. The molecular formula is C31H42O6. The van der Waals surface area contributed by atoms with E-state index in [1.165, 1.54) is 5.57 Å². The Balaban J connectivity index is 1.75. The van der Waals surface area contributed by atoms with Crippen molar-refractivity contribution in [2.45, 2.75) is 95.4 Å². The van der Waals surface area contributed by atoms with Gasteiger partial charge in [0.1, 0.15) is 12.2 Å². The molecule has 0 saturated heterocycles. The van der Waals surface area contributed by atoms with Gasteiger partial charge in [-0.15, -0.1) is 0 Å². The molecule has 0 spiro atoms. The zero-order valence-electron chi connectivity index (χ0n) is 22.4. The summed E-state index contributed by atoms with van der Waals surface area (Å²) in [6.07, 6.45) is 16.5. The zero-order valence-corrected chi connectivity index (χ0v) is 22.4. The first-order valence-electron chi connectivity index (χ1n) is 13.3. The van der Waals surface area contributed by atoms with Crippen LogP contribution in [0, 0.1) is 17.8 Å². The molecule has 6 heteroatoms. The lowest BCUT2D eigenvalue weighted by Crippen LogP contribution is -2.31. The van der Waals surface area contributed by atoms with E-state index >= 15 is 0 Å². The van der Waals surface area contributed by atoms with Crippen LogP contribution in [0.2, 0.25) is 0 Å². The summed E-state index contributed by atoms with van der Waals surface area (Å²) in [4.78, 5) is 12.6. The predicted molar refractivity (Wildman–Crippen MR) is 145 cm³/mol. The maximum absolute atomic E-state index is 12.6. The molecule has 1 N–H and O–H groups in total. The van der Waals surface area contributed by atoms with Gasteiger partial charge < -0.3 is 24.1 Å². The largest absolute Gasteiger partial charge is 0.449 e. The van der Waals surface area contributed by atoms with Gasteiger partial charge in [0.15, 0.2) is 0 Å². The number of methoxy groups -OCH3 is 1. The van der Waals surface area contributed by atoms with Crippen LogP contribution in [-0.2, 0) is 23.7 Å². The van der Waals surface area contributed by atoms with Gasteiger partial charge in [-0.1, -0.05) is 73.1 Å². The average molecular weight is 511 g/mol. The van der Waals surface area contributed by atoms with Gasteiger partial charge in [0.25, 0.3) is 0 Å². The number of fused-ring (bicyclic) bond motifs is 2. The van der Waals surface area contributed by atoms with E-state index in [9.17, 15) is 9.90 Å². The number of cyclic esters (lactones) is 1. The fraction of sp³-hybridized carbons (Fsp3) is 0.581. The van der Waals surface area contributed by atoms with Gasteiger partial charge in [0.05, 0.1) is 31.0 Å². The second kappa shape index (κ2) is 15.1. The monoisotopic (exact) mass is 510 g/mol. The van der Waals surface area contributed by atoms with E-state index in [1.54, 1.807) is 13.2 Å². The number of rotatable bonds is 4. The van der Waals surface area contributed by atoms with Crippen molar-refractivity contribution in [3.8, 4) is 11.8 Å². The molecule has 0 radical (unpaired) electrons. The summed E-state index contributed by atoms with van der Waals surface area (Å²) in [7, 11) is 1.58. The maximum Gasteiger partial charge on any atom is 0.384 e. The van der Waals surface area contributed by atoms with E-state index in [0.29, 0.717) is 31.8 Å². The molecule has 3 heterocycles. The summed E-state index contributed by atoms with van der Waals surface area (Å²) >= 11 is 0. The minimum Gasteiger partial charge on any atom is -0.449 e. The lowest BCUT2D eigenvalue weighted by molar-refractivity contribution is -0.146. The Hall–Kier alpha value is -2.43. The van der Waals surface area contributed by atoms with Gasteiger partial charge in [-0.25, -0.2) is 4.79 Å². The number of aliphatic hydroxyl groups excluding tert-OH is 1. The fourth-order valence-electron chi connectivity index (χ4n) is 4.96. The number of esters is 1. The molecular weight excluding hydrogens is 468 g/mol. The number of hydrogen-bond donors (Lipinski definition) is 1. The Morgan fingerprint density at radius 3 is 2.81 bits per heavy atom. The molecule has 0 aromatic rings. The van der Waals surface area contributed by atoms with Gasteiger partial charge in [0, 0.05) is 25.9 Å². The summed E-state index contributed by atoms with van der Waals surface area (Å²) in [5, 5.41) is 10.6. The summed E-state index contributed by atoms with van der Waals surface area (Å²) < 4.78 is 23.4. The first kappa shape index (κ1) is 29.1. The van der Waals surface area contributed by atoms with E-state index in [1.807, 2.05) is 24.3 Å². The summed E-state index contributed by atoms with van der Waals surface area (Å²) in [5.74, 6) is 5.33. The van der Waals surface area contributed by atoms with Crippen molar-refractivity contribution in [2.75, 3.05) is 13.7 Å². The molecule has 3 rings (SSSR count). The van der Waals surface area contributed by atoms with Crippen LogP contribution in [0.25, 0.3) is 0 Å². The Kier molecular flexibility index (Phi) is 11.9. The Labute approximate surface area is 222 Å². The first-order chi connectivity index (χ1) is 17.8. The highest BCUT2D eigenvalue weighted by Crippen LogP contribution is 2.25. The van der Waals surface area contributed by atoms with E-state index in [4.69, 9.17) is 18.9 Å². The highest BCUT2D eigenvalue weighted by Gasteiger charge is 2.24. The number of carbonyl (C=O) groups is 1. The van der Waals surface area contributed by atoms with Crippen molar-refractivity contribution in [3.05, 3.63) is 60.3 Å². The lowest BCUT2D eigenvalue weighted by Gasteiger charge is -2.27. The summed E-state index contributed by atoms with van der Waals surface area (Å²) in [5.41, 5.74) is 2.29. The highest BCUT2D eigenvalue weighted by atomic mass is 16.6. The first-order valence-corrected chi connectivity index (χ1v) is 13.3. The zero-order chi connectivity index (χ0) is 26.6. The molecule has 6 nitrogen and oxygen atoms in total. The molecule has 0 fully saturated rings. The highest BCUT2D eigenvalue weighted by molar-refractivity contribution is 5.88. The van der Waals surface area contributed by atoms with Crippen LogP contribution in [-0.4, -0.2) is 61.4 Å². The van der Waals surface area contributed by atoms with E-state index < -0.39 is 24.3 Å². The number of carbonyl (C=O) groups excluding carboxylic acids is 1. The standard InChI is InChI=1S/C31H42O6/c1-22-16-17-35-27(20-22)14-15-29(34-4)30-12-5-8-25(32)19-23(2)18-24(3)21-28-11-6-9-26(36-28)10-7-13-31(33)37-30/h5-6,8-9,14-16,24-30,32H,2,10-12,17-21H2,1,3-4H3/b8-5-,15-14+. The normalized spacial score (nSPS) is 33.9. The molecule has 0 aromatic heterocycles. The van der Waals surface area contributed by atoms with E-state index in [-0.39, 0.29) is 18.3 Å². The van der Waals surface area contributed by atoms with Gasteiger partial charge in [-0.2, -0.15) is 0 Å². The third-order valence-corrected chi connectivity index (χ3v) is 6.82. The Morgan fingerprint density at radius 1 is 1.22 bits per heavy atom. The van der Waals surface area contributed by atoms with Crippen LogP contribution >= 0.6 is 0 Å². The van der Waals surface area contributed by atoms with Crippen molar-refractivity contribution in [1.29, 1.82) is 0 Å². The molecule has 37 heavy (non-hydrogen) atoms. The molecule has 7 unspecified atom stereocenters. The van der Waals surface area contributed by atoms with Gasteiger partial charge in [0.2, 0.25) is 0 Å². The second-order valence-corrected chi connectivity index (χ2v) is 10.4. The van der Waals surface area contributed by atoms with Crippen molar-refractivity contribution >= 4 is 5.97 Å². The third kappa shape index (κ3) is 10.5. The molecule has 3 aliphatic heterocycles. The smallest absolute Gasteiger partial charge is 0.384 e. The SMILES string of the molecule is C=C1CC(O)/C=C\CC(C(/C=C/C2CC(C)=CCO2)OC)OC(=O)C#CCC2C=CCC(CC(C)C1)O2. The fourth-order valence-corrected chi connectivity index (χ4v) is 4.96. The van der Waals surface area contributed by atoms with E-state index in [0.717, 1.165) is 31.3 Å². The topological polar surface area (TPSA) is 74.2 Å². The Morgan fingerprint density at radius 2 is 2.03 bits per heavy atom. The molecule has 0 amide bonds. The predicted octanol–water partition coefficient (Wildman–Crippen LogP) is 5.00. The number of ether oxygens (including phenoxy) is 4. The molecule has 0 aliphatic carbocycles. The molecule has 0 aromatic carbocycles. The Bertz CT molecular complexity index is 948. The van der Waals surface area contributed by atoms with Crippen molar-refractivity contribution in [1.82, 2.24) is 0 Å². The van der Waals surface area contributed by atoms with Gasteiger partial charge in [-0.05, 0) is 44.9 Å². The third-order valence-electron chi connectivity index (χ3n) is 6.82. The quantitative estimate of drug-likeness (QED) is 0.248. The molecule has 3 aliphatic rings. The molecule has 7 atom stereocenters. The van der Waals surface area contributed by atoms with E-state index in [2.05, 4.69) is 44.4 Å². The molecule has 0 saturated carbocycles. The van der Waals surface area contributed by atoms with Gasteiger partial charge in [-0.3, -0.25) is 0 Å².